The Labute approximate surface area is 76.4 Å². The van der Waals surface area contributed by atoms with E-state index in [0.717, 1.165) is 11.8 Å². The highest BCUT2D eigenvalue weighted by Crippen LogP contribution is 2.38. The molecule has 1 fully saturated rings. The van der Waals surface area contributed by atoms with Gasteiger partial charge >= 0.3 is 0 Å². The highest BCUT2D eigenvalue weighted by Gasteiger charge is 2.26. The maximum Gasteiger partial charge on any atom is -0.0175 e. The summed E-state index contributed by atoms with van der Waals surface area (Å²) in [4.78, 5) is 0. The SMILES string of the molecule is C=C/C=C(\C)[C@H]1CCC[C@H]1CC. The van der Waals surface area contributed by atoms with Crippen LogP contribution in [0.1, 0.15) is 39.5 Å². The maximum absolute atomic E-state index is 3.75. The van der Waals surface area contributed by atoms with Crippen LogP contribution in [0.25, 0.3) is 0 Å². The van der Waals surface area contributed by atoms with Crippen LogP contribution in [0.3, 0.4) is 0 Å². The topological polar surface area (TPSA) is 0 Å². The summed E-state index contributed by atoms with van der Waals surface area (Å²) < 4.78 is 0. The molecule has 68 valence electrons. The quantitative estimate of drug-likeness (QED) is 0.554. The van der Waals surface area contributed by atoms with E-state index >= 15 is 0 Å². The van der Waals surface area contributed by atoms with Crippen LogP contribution in [0.15, 0.2) is 24.3 Å². The van der Waals surface area contributed by atoms with E-state index in [0.29, 0.717) is 0 Å². The van der Waals surface area contributed by atoms with Crippen molar-refractivity contribution in [3.63, 3.8) is 0 Å². The zero-order valence-corrected chi connectivity index (χ0v) is 8.34. The average molecular weight is 164 g/mol. The summed E-state index contributed by atoms with van der Waals surface area (Å²) in [7, 11) is 0. The van der Waals surface area contributed by atoms with Gasteiger partial charge in [-0.25, -0.2) is 0 Å². The molecule has 0 radical (unpaired) electrons. The zero-order chi connectivity index (χ0) is 8.97. The molecule has 0 aromatic heterocycles. The molecule has 0 aromatic rings. The molecule has 0 bridgehead atoms. The Bertz CT molecular complexity index is 176. The average Bonchev–Trinajstić information content (AvgIpc) is 2.51. The summed E-state index contributed by atoms with van der Waals surface area (Å²) in [5, 5.41) is 0. The van der Waals surface area contributed by atoms with E-state index in [2.05, 4.69) is 26.5 Å². The van der Waals surface area contributed by atoms with Gasteiger partial charge in [-0.15, -0.1) is 0 Å². The summed E-state index contributed by atoms with van der Waals surface area (Å²) >= 11 is 0. The lowest BCUT2D eigenvalue weighted by molar-refractivity contribution is 0.426. The Hall–Kier alpha value is -0.520. The molecule has 0 aliphatic heterocycles. The molecule has 0 N–H and O–H groups in total. The first kappa shape index (κ1) is 9.57. The summed E-state index contributed by atoms with van der Waals surface area (Å²) in [6, 6.07) is 0. The molecule has 12 heavy (non-hydrogen) atoms. The normalized spacial score (nSPS) is 30.7. The Morgan fingerprint density at radius 2 is 2.25 bits per heavy atom. The third-order valence-corrected chi connectivity index (χ3v) is 3.15. The minimum absolute atomic E-state index is 0.855. The second kappa shape index (κ2) is 4.49. The minimum Gasteiger partial charge on any atom is -0.0991 e. The second-order valence-electron chi connectivity index (χ2n) is 3.85. The van der Waals surface area contributed by atoms with Crippen LogP contribution in [0.5, 0.6) is 0 Å². The third kappa shape index (κ3) is 2.00. The lowest BCUT2D eigenvalue weighted by atomic mass is 9.87. The van der Waals surface area contributed by atoms with E-state index in [1.165, 1.54) is 31.3 Å². The smallest absolute Gasteiger partial charge is 0.0175 e. The number of allylic oxidation sites excluding steroid dienone is 3. The second-order valence-corrected chi connectivity index (χ2v) is 3.85. The van der Waals surface area contributed by atoms with E-state index in [9.17, 15) is 0 Å². The standard InChI is InChI=1S/C12H20/c1-4-7-10(3)12-9-6-8-11(12)5-2/h4,7,11-12H,1,5-6,8-9H2,2-3H3/b10-7+/t11-,12-/m1/s1. The Kier molecular flexibility index (Phi) is 3.58. The van der Waals surface area contributed by atoms with Crippen molar-refractivity contribution in [2.24, 2.45) is 11.8 Å². The van der Waals surface area contributed by atoms with Gasteiger partial charge in [0.1, 0.15) is 0 Å². The number of hydrogen-bond acceptors (Lipinski definition) is 0. The summed E-state index contributed by atoms with van der Waals surface area (Å²) in [5.41, 5.74) is 1.54. The molecule has 1 aliphatic rings. The van der Waals surface area contributed by atoms with Gasteiger partial charge in [-0.3, -0.25) is 0 Å². The summed E-state index contributed by atoms with van der Waals surface area (Å²) in [6.07, 6.45) is 9.69. The van der Waals surface area contributed by atoms with Gasteiger partial charge in [0.15, 0.2) is 0 Å². The van der Waals surface area contributed by atoms with Crippen molar-refractivity contribution in [3.8, 4) is 0 Å². The molecular weight excluding hydrogens is 144 g/mol. The number of rotatable bonds is 3. The summed E-state index contributed by atoms with van der Waals surface area (Å²) in [5.74, 6) is 1.80. The van der Waals surface area contributed by atoms with Crippen LogP contribution in [0.4, 0.5) is 0 Å². The van der Waals surface area contributed by atoms with Gasteiger partial charge in [0, 0.05) is 0 Å². The van der Waals surface area contributed by atoms with E-state index in [1.807, 2.05) is 6.08 Å². The van der Waals surface area contributed by atoms with Crippen molar-refractivity contribution >= 4 is 0 Å². The highest BCUT2D eigenvalue weighted by atomic mass is 14.3. The van der Waals surface area contributed by atoms with E-state index in [1.54, 1.807) is 0 Å². The summed E-state index contributed by atoms with van der Waals surface area (Å²) in [6.45, 7) is 8.31. The van der Waals surface area contributed by atoms with Crippen LogP contribution < -0.4 is 0 Å². The fourth-order valence-electron chi connectivity index (χ4n) is 2.43. The molecule has 1 saturated carbocycles. The first-order chi connectivity index (χ1) is 5.79. The maximum atomic E-state index is 3.75. The number of hydrogen-bond donors (Lipinski definition) is 0. The zero-order valence-electron chi connectivity index (χ0n) is 8.34. The molecular formula is C12H20. The van der Waals surface area contributed by atoms with Crippen molar-refractivity contribution in [3.05, 3.63) is 24.3 Å². The molecule has 2 atom stereocenters. The van der Waals surface area contributed by atoms with Crippen molar-refractivity contribution in [1.29, 1.82) is 0 Å². The van der Waals surface area contributed by atoms with Crippen molar-refractivity contribution in [2.45, 2.75) is 39.5 Å². The predicted octanol–water partition coefficient (Wildman–Crippen LogP) is 3.95. The van der Waals surface area contributed by atoms with E-state index < -0.39 is 0 Å². The van der Waals surface area contributed by atoms with Crippen molar-refractivity contribution in [2.75, 3.05) is 0 Å². The first-order valence-electron chi connectivity index (χ1n) is 5.08. The minimum atomic E-state index is 0.855. The van der Waals surface area contributed by atoms with E-state index in [-0.39, 0.29) is 0 Å². The highest BCUT2D eigenvalue weighted by molar-refractivity contribution is 5.13. The molecule has 0 aromatic carbocycles. The predicted molar refractivity (Wildman–Crippen MR) is 55.1 cm³/mol. The van der Waals surface area contributed by atoms with E-state index in [4.69, 9.17) is 0 Å². The Morgan fingerprint density at radius 3 is 2.83 bits per heavy atom. The van der Waals surface area contributed by atoms with Crippen LogP contribution in [0, 0.1) is 11.8 Å². The van der Waals surface area contributed by atoms with Crippen molar-refractivity contribution < 1.29 is 0 Å². The molecule has 0 spiro atoms. The molecule has 1 rings (SSSR count). The largest absolute Gasteiger partial charge is 0.0991 e. The van der Waals surface area contributed by atoms with Crippen LogP contribution in [0.2, 0.25) is 0 Å². The van der Waals surface area contributed by atoms with Crippen molar-refractivity contribution in [1.82, 2.24) is 0 Å². The molecule has 0 amide bonds. The van der Waals surface area contributed by atoms with Crippen LogP contribution in [-0.2, 0) is 0 Å². The van der Waals surface area contributed by atoms with Crippen LogP contribution >= 0.6 is 0 Å². The van der Waals surface area contributed by atoms with Gasteiger partial charge < -0.3 is 0 Å². The van der Waals surface area contributed by atoms with Gasteiger partial charge in [0.05, 0.1) is 0 Å². The van der Waals surface area contributed by atoms with Gasteiger partial charge in [-0.2, -0.15) is 0 Å². The molecule has 0 saturated heterocycles. The van der Waals surface area contributed by atoms with Gasteiger partial charge in [0.25, 0.3) is 0 Å². The monoisotopic (exact) mass is 164 g/mol. The third-order valence-electron chi connectivity index (χ3n) is 3.15. The Morgan fingerprint density at radius 1 is 1.50 bits per heavy atom. The fourth-order valence-corrected chi connectivity index (χ4v) is 2.43. The lowest BCUT2D eigenvalue weighted by Gasteiger charge is -2.18. The lowest BCUT2D eigenvalue weighted by Crippen LogP contribution is -2.07. The molecule has 0 heterocycles. The molecule has 0 unspecified atom stereocenters. The van der Waals surface area contributed by atoms with Crippen LogP contribution in [-0.4, -0.2) is 0 Å². The van der Waals surface area contributed by atoms with Gasteiger partial charge in [-0.1, -0.05) is 44.1 Å². The Balaban J connectivity index is 2.60. The molecule has 0 heteroatoms. The molecule has 1 aliphatic carbocycles. The first-order valence-corrected chi connectivity index (χ1v) is 5.08. The molecule has 0 nitrogen and oxygen atoms in total. The van der Waals surface area contributed by atoms with Gasteiger partial charge in [-0.05, 0) is 31.6 Å². The van der Waals surface area contributed by atoms with Gasteiger partial charge in [0.2, 0.25) is 0 Å². The fraction of sp³-hybridized carbons (Fsp3) is 0.667.